The summed E-state index contributed by atoms with van der Waals surface area (Å²) in [5.74, 6) is 0.372. The second-order valence-corrected chi connectivity index (χ2v) is 6.55. The van der Waals surface area contributed by atoms with Crippen LogP contribution in [-0.4, -0.2) is 12.6 Å². The number of hydrogen-bond acceptors (Lipinski definition) is 5. The van der Waals surface area contributed by atoms with Gasteiger partial charge in [0.15, 0.2) is 0 Å². The fourth-order valence-corrected chi connectivity index (χ4v) is 2.80. The molecule has 140 valence electrons. The summed E-state index contributed by atoms with van der Waals surface area (Å²) in [7, 11) is 0. The van der Waals surface area contributed by atoms with Crippen molar-refractivity contribution in [3.8, 4) is 5.75 Å². The molecule has 1 heterocycles. The first kappa shape index (κ1) is 18.7. The number of rotatable bonds is 6. The van der Waals surface area contributed by atoms with E-state index in [1.807, 2.05) is 57.2 Å². The SMILES string of the molecule is Cc1cc2oc(=O)cc(COC(=O)CCOc3ccccc3C)c2cc1C. The van der Waals surface area contributed by atoms with Gasteiger partial charge in [-0.3, -0.25) is 4.79 Å². The van der Waals surface area contributed by atoms with E-state index in [0.717, 1.165) is 27.8 Å². The van der Waals surface area contributed by atoms with Crippen molar-refractivity contribution in [1.82, 2.24) is 0 Å². The number of hydrogen-bond donors (Lipinski definition) is 0. The molecule has 3 aromatic rings. The zero-order valence-electron chi connectivity index (χ0n) is 15.7. The fourth-order valence-electron chi connectivity index (χ4n) is 2.80. The van der Waals surface area contributed by atoms with Gasteiger partial charge in [-0.15, -0.1) is 0 Å². The van der Waals surface area contributed by atoms with Crippen molar-refractivity contribution in [1.29, 1.82) is 0 Å². The first-order valence-electron chi connectivity index (χ1n) is 8.82. The third-order valence-electron chi connectivity index (χ3n) is 4.49. The summed E-state index contributed by atoms with van der Waals surface area (Å²) >= 11 is 0. The Labute approximate surface area is 157 Å². The van der Waals surface area contributed by atoms with Crippen LogP contribution < -0.4 is 10.4 Å². The van der Waals surface area contributed by atoms with Crippen LogP contribution in [-0.2, 0) is 16.1 Å². The standard InChI is InChI=1S/C22H22O5/c1-14-6-4-5-7-19(14)25-9-8-21(23)26-13-17-12-22(24)27-20-11-16(3)15(2)10-18(17)20/h4-7,10-12H,8-9,13H2,1-3H3. The molecule has 0 saturated carbocycles. The van der Waals surface area contributed by atoms with Crippen LogP contribution in [0.4, 0.5) is 0 Å². The van der Waals surface area contributed by atoms with E-state index in [-0.39, 0.29) is 25.6 Å². The van der Waals surface area contributed by atoms with Crippen molar-refractivity contribution in [3.05, 3.63) is 75.1 Å². The van der Waals surface area contributed by atoms with Gasteiger partial charge in [-0.2, -0.15) is 0 Å². The van der Waals surface area contributed by atoms with Gasteiger partial charge in [0.25, 0.3) is 0 Å². The molecule has 0 radical (unpaired) electrons. The zero-order chi connectivity index (χ0) is 19.4. The van der Waals surface area contributed by atoms with Crippen LogP contribution in [0.1, 0.15) is 28.7 Å². The van der Waals surface area contributed by atoms with E-state index in [0.29, 0.717) is 11.1 Å². The van der Waals surface area contributed by atoms with Crippen molar-refractivity contribution in [2.45, 2.75) is 33.8 Å². The Morgan fingerprint density at radius 3 is 2.52 bits per heavy atom. The molecular formula is C22H22O5. The van der Waals surface area contributed by atoms with Crippen LogP contribution in [0.15, 0.2) is 51.7 Å². The maximum atomic E-state index is 12.0. The molecule has 5 nitrogen and oxygen atoms in total. The van der Waals surface area contributed by atoms with Gasteiger partial charge < -0.3 is 13.9 Å². The monoisotopic (exact) mass is 366 g/mol. The van der Waals surface area contributed by atoms with Gasteiger partial charge in [0.05, 0.1) is 13.0 Å². The third kappa shape index (κ3) is 4.56. The number of benzene rings is 2. The Hall–Kier alpha value is -3.08. The Bertz CT molecular complexity index is 1030. The summed E-state index contributed by atoms with van der Waals surface area (Å²) < 4.78 is 16.2. The number of aryl methyl sites for hydroxylation is 3. The van der Waals surface area contributed by atoms with Crippen LogP contribution in [0.2, 0.25) is 0 Å². The minimum atomic E-state index is -0.459. The van der Waals surface area contributed by atoms with E-state index in [4.69, 9.17) is 13.9 Å². The first-order valence-corrected chi connectivity index (χ1v) is 8.82. The van der Waals surface area contributed by atoms with Crippen LogP contribution in [0.25, 0.3) is 11.0 Å². The first-order chi connectivity index (χ1) is 12.9. The summed E-state index contributed by atoms with van der Waals surface area (Å²) in [6.07, 6.45) is 0.131. The van der Waals surface area contributed by atoms with Gasteiger partial charge >= 0.3 is 11.6 Å². The second kappa shape index (κ2) is 8.08. The van der Waals surface area contributed by atoms with E-state index in [2.05, 4.69) is 0 Å². The average molecular weight is 366 g/mol. The molecule has 0 aliphatic heterocycles. The lowest BCUT2D eigenvalue weighted by molar-refractivity contribution is -0.145. The van der Waals surface area contributed by atoms with Gasteiger partial charge in [0.2, 0.25) is 0 Å². The largest absolute Gasteiger partial charge is 0.493 e. The molecule has 0 spiro atoms. The van der Waals surface area contributed by atoms with Crippen molar-refractivity contribution in [3.63, 3.8) is 0 Å². The quantitative estimate of drug-likeness (QED) is 0.482. The summed E-state index contributed by atoms with van der Waals surface area (Å²) in [4.78, 5) is 23.8. The Morgan fingerprint density at radius 1 is 1.00 bits per heavy atom. The lowest BCUT2D eigenvalue weighted by Crippen LogP contribution is -2.11. The second-order valence-electron chi connectivity index (χ2n) is 6.55. The summed E-state index contributed by atoms with van der Waals surface area (Å²) in [5.41, 5.74) is 3.81. The predicted molar refractivity (Wildman–Crippen MR) is 103 cm³/mol. The number of carbonyl (C=O) groups excluding carboxylic acids is 1. The van der Waals surface area contributed by atoms with Crippen molar-refractivity contribution in [2.75, 3.05) is 6.61 Å². The molecule has 0 amide bonds. The van der Waals surface area contributed by atoms with Crippen LogP contribution in [0.3, 0.4) is 0 Å². The highest BCUT2D eigenvalue weighted by molar-refractivity contribution is 5.82. The predicted octanol–water partition coefficient (Wildman–Crippen LogP) is 4.23. The average Bonchev–Trinajstić information content (AvgIpc) is 2.63. The molecule has 0 fully saturated rings. The minimum Gasteiger partial charge on any atom is -0.493 e. The third-order valence-corrected chi connectivity index (χ3v) is 4.49. The molecule has 5 heteroatoms. The van der Waals surface area contributed by atoms with Gasteiger partial charge in [-0.1, -0.05) is 18.2 Å². The Morgan fingerprint density at radius 2 is 1.74 bits per heavy atom. The van der Waals surface area contributed by atoms with E-state index in [9.17, 15) is 9.59 Å². The number of esters is 1. The summed E-state index contributed by atoms with van der Waals surface area (Å²) in [5, 5.41) is 0.779. The highest BCUT2D eigenvalue weighted by atomic mass is 16.5. The van der Waals surface area contributed by atoms with Gasteiger partial charge in [-0.25, -0.2) is 4.79 Å². The van der Waals surface area contributed by atoms with Crippen molar-refractivity contribution >= 4 is 16.9 Å². The molecule has 0 saturated heterocycles. The van der Waals surface area contributed by atoms with E-state index in [1.165, 1.54) is 6.07 Å². The molecule has 0 atom stereocenters. The summed E-state index contributed by atoms with van der Waals surface area (Å²) in [6, 6.07) is 12.8. The molecule has 0 N–H and O–H groups in total. The molecule has 2 aromatic carbocycles. The number of carbonyl (C=O) groups is 1. The smallest absolute Gasteiger partial charge is 0.336 e. The molecule has 27 heavy (non-hydrogen) atoms. The number of fused-ring (bicyclic) bond motifs is 1. The van der Waals surface area contributed by atoms with E-state index >= 15 is 0 Å². The van der Waals surface area contributed by atoms with Crippen molar-refractivity contribution in [2.24, 2.45) is 0 Å². The normalized spacial score (nSPS) is 10.8. The molecule has 1 aromatic heterocycles. The highest BCUT2D eigenvalue weighted by Crippen LogP contribution is 2.22. The van der Waals surface area contributed by atoms with E-state index in [1.54, 1.807) is 0 Å². The molecule has 3 rings (SSSR count). The summed E-state index contributed by atoms with van der Waals surface area (Å²) in [6.45, 7) is 6.14. The maximum Gasteiger partial charge on any atom is 0.336 e. The molecule has 0 unspecified atom stereocenters. The van der Waals surface area contributed by atoms with Crippen molar-refractivity contribution < 1.29 is 18.7 Å². The van der Waals surface area contributed by atoms with Crippen LogP contribution in [0, 0.1) is 20.8 Å². The molecule has 0 aliphatic rings. The maximum absolute atomic E-state index is 12.0. The highest BCUT2D eigenvalue weighted by Gasteiger charge is 2.11. The lowest BCUT2D eigenvalue weighted by atomic mass is 10.0. The molecule has 0 bridgehead atoms. The topological polar surface area (TPSA) is 65.7 Å². The minimum absolute atomic E-state index is 0.0216. The van der Waals surface area contributed by atoms with Gasteiger partial charge in [0.1, 0.15) is 17.9 Å². The van der Waals surface area contributed by atoms with Crippen LogP contribution in [0.5, 0.6) is 5.75 Å². The Kier molecular flexibility index (Phi) is 5.60. The molecule has 0 aliphatic carbocycles. The van der Waals surface area contributed by atoms with Gasteiger partial charge in [-0.05, 0) is 55.7 Å². The zero-order valence-corrected chi connectivity index (χ0v) is 15.7. The number of para-hydroxylation sites is 1. The fraction of sp³-hybridized carbons (Fsp3) is 0.273. The Balaban J connectivity index is 1.62. The molecular weight excluding hydrogens is 344 g/mol. The number of ether oxygens (including phenoxy) is 2. The van der Waals surface area contributed by atoms with Crippen LogP contribution >= 0.6 is 0 Å². The van der Waals surface area contributed by atoms with E-state index < -0.39 is 5.63 Å². The lowest BCUT2D eigenvalue weighted by Gasteiger charge is -2.10. The van der Waals surface area contributed by atoms with Gasteiger partial charge in [0, 0.05) is 17.0 Å².